The molecule has 0 unspecified atom stereocenters. The molecule has 164 valence electrons. The first-order valence-electron chi connectivity index (χ1n) is 9.96. The van der Waals surface area contributed by atoms with Gasteiger partial charge in [0.1, 0.15) is 11.5 Å². The molecule has 0 spiro atoms. The van der Waals surface area contributed by atoms with Gasteiger partial charge in [-0.25, -0.2) is 9.97 Å². The van der Waals surface area contributed by atoms with Gasteiger partial charge in [0.25, 0.3) is 5.91 Å². The molecule has 1 aliphatic rings. The van der Waals surface area contributed by atoms with Crippen LogP contribution in [-0.2, 0) is 6.18 Å². The number of hydrogen-bond acceptors (Lipinski definition) is 5. The number of amides is 1. The van der Waals surface area contributed by atoms with Gasteiger partial charge in [0, 0.05) is 36.1 Å². The van der Waals surface area contributed by atoms with Gasteiger partial charge in [-0.05, 0) is 43.9 Å². The molecule has 3 heterocycles. The summed E-state index contributed by atoms with van der Waals surface area (Å²) < 4.78 is 45.4. The number of anilines is 1. The summed E-state index contributed by atoms with van der Waals surface area (Å²) in [5, 5.41) is 6.36. The van der Waals surface area contributed by atoms with Gasteiger partial charge in [0.05, 0.1) is 7.11 Å². The number of alkyl halides is 3. The highest BCUT2D eigenvalue weighted by Gasteiger charge is 2.34. The zero-order chi connectivity index (χ0) is 22.0. The maximum absolute atomic E-state index is 13.0. The smallest absolute Gasteiger partial charge is 0.434 e. The van der Waals surface area contributed by atoms with Crippen LogP contribution in [0.2, 0.25) is 0 Å². The fourth-order valence-electron chi connectivity index (χ4n) is 3.79. The molecule has 0 aromatic carbocycles. The van der Waals surface area contributed by atoms with E-state index < -0.39 is 11.9 Å². The summed E-state index contributed by atoms with van der Waals surface area (Å²) in [4.78, 5) is 20.1. The van der Waals surface area contributed by atoms with E-state index in [-0.39, 0.29) is 23.6 Å². The van der Waals surface area contributed by atoms with Crippen LogP contribution >= 0.6 is 0 Å². The number of aromatic nitrogens is 3. The molecular weight excluding hydrogens is 411 g/mol. The highest BCUT2D eigenvalue weighted by atomic mass is 19.4. The lowest BCUT2D eigenvalue weighted by atomic mass is 9.91. The number of imidazole rings is 1. The number of carbonyl (C=O) groups is 1. The number of methoxy groups -OCH3 is 1. The fraction of sp³-hybridized carbons (Fsp3) is 0.381. The van der Waals surface area contributed by atoms with E-state index in [1.807, 2.05) is 0 Å². The second-order valence-corrected chi connectivity index (χ2v) is 7.52. The molecule has 10 heteroatoms. The van der Waals surface area contributed by atoms with Gasteiger partial charge in [-0.2, -0.15) is 13.2 Å². The van der Waals surface area contributed by atoms with E-state index in [9.17, 15) is 18.0 Å². The van der Waals surface area contributed by atoms with Gasteiger partial charge in [0.2, 0.25) is 5.88 Å². The third-order valence-electron chi connectivity index (χ3n) is 5.40. The lowest BCUT2D eigenvalue weighted by Gasteiger charge is -2.30. The Bertz CT molecular complexity index is 1070. The Balaban J connectivity index is 1.36. The standard InChI is InChI=1S/C21H22F3N5O2/c1-31-19-11-13(9-10-25-19)20(30)27-15-7-5-14(6-8-15)26-17-3-2-4-18-28-16(12-29(17)18)21(22,23)24/h2-4,9-12,14-15,26H,5-8H2,1H3,(H,27,30). The number of carbonyl (C=O) groups excluding carboxylic acids is 1. The van der Waals surface area contributed by atoms with Crippen molar-refractivity contribution in [3.05, 3.63) is 54.0 Å². The summed E-state index contributed by atoms with van der Waals surface area (Å²) in [6.07, 6.45) is 1.13. The van der Waals surface area contributed by atoms with Crippen molar-refractivity contribution in [1.82, 2.24) is 19.7 Å². The van der Waals surface area contributed by atoms with Gasteiger partial charge in [-0.15, -0.1) is 0 Å². The first kappa shape index (κ1) is 21.0. The Morgan fingerprint density at radius 3 is 2.61 bits per heavy atom. The van der Waals surface area contributed by atoms with Crippen molar-refractivity contribution in [2.45, 2.75) is 43.9 Å². The average Bonchev–Trinajstić information content (AvgIpc) is 3.21. The van der Waals surface area contributed by atoms with E-state index in [4.69, 9.17) is 4.74 Å². The van der Waals surface area contributed by atoms with Crippen molar-refractivity contribution in [2.24, 2.45) is 0 Å². The Morgan fingerprint density at radius 2 is 1.90 bits per heavy atom. The predicted octanol–water partition coefficient (Wildman–Crippen LogP) is 3.91. The van der Waals surface area contributed by atoms with Crippen LogP contribution in [0.5, 0.6) is 5.88 Å². The maximum atomic E-state index is 13.0. The molecule has 0 bridgehead atoms. The number of fused-ring (bicyclic) bond motifs is 1. The van der Waals surface area contributed by atoms with Crippen molar-refractivity contribution < 1.29 is 22.7 Å². The Kier molecular flexibility index (Phi) is 5.71. The monoisotopic (exact) mass is 433 g/mol. The molecule has 1 amide bonds. The predicted molar refractivity (Wildman–Crippen MR) is 108 cm³/mol. The van der Waals surface area contributed by atoms with Crippen LogP contribution in [0, 0.1) is 0 Å². The quantitative estimate of drug-likeness (QED) is 0.638. The number of pyridine rings is 2. The van der Waals surface area contributed by atoms with E-state index in [1.165, 1.54) is 17.7 Å². The number of halogens is 3. The molecule has 3 aromatic heterocycles. The molecule has 2 N–H and O–H groups in total. The van der Waals surface area contributed by atoms with Crippen LogP contribution in [0.3, 0.4) is 0 Å². The minimum absolute atomic E-state index is 0.0329. The molecule has 0 atom stereocenters. The molecule has 0 saturated heterocycles. The lowest BCUT2D eigenvalue weighted by Crippen LogP contribution is -2.40. The highest BCUT2D eigenvalue weighted by Crippen LogP contribution is 2.30. The number of rotatable bonds is 5. The average molecular weight is 433 g/mol. The third kappa shape index (κ3) is 4.73. The van der Waals surface area contributed by atoms with Crippen molar-refractivity contribution in [2.75, 3.05) is 12.4 Å². The Hall–Kier alpha value is -3.30. The summed E-state index contributed by atoms with van der Waals surface area (Å²) >= 11 is 0. The van der Waals surface area contributed by atoms with E-state index in [2.05, 4.69) is 20.6 Å². The molecule has 3 aromatic rings. The summed E-state index contributed by atoms with van der Waals surface area (Å²) in [5.74, 6) is 0.764. The first-order valence-corrected chi connectivity index (χ1v) is 9.96. The van der Waals surface area contributed by atoms with E-state index in [0.29, 0.717) is 17.3 Å². The van der Waals surface area contributed by atoms with Gasteiger partial charge in [-0.3, -0.25) is 9.20 Å². The van der Waals surface area contributed by atoms with Gasteiger partial charge >= 0.3 is 6.18 Å². The lowest BCUT2D eigenvalue weighted by molar-refractivity contribution is -0.140. The van der Waals surface area contributed by atoms with E-state index in [0.717, 1.165) is 31.9 Å². The molecule has 0 aliphatic heterocycles. The molecular formula is C21H22F3N5O2. The number of hydrogen-bond donors (Lipinski definition) is 2. The highest BCUT2D eigenvalue weighted by molar-refractivity contribution is 5.94. The summed E-state index contributed by atoms with van der Waals surface area (Å²) in [7, 11) is 1.49. The third-order valence-corrected chi connectivity index (χ3v) is 5.40. The number of ether oxygens (including phenoxy) is 1. The minimum atomic E-state index is -4.49. The summed E-state index contributed by atoms with van der Waals surface area (Å²) in [5.41, 5.74) is -0.189. The molecule has 1 saturated carbocycles. The van der Waals surface area contributed by atoms with Gasteiger partial charge < -0.3 is 15.4 Å². The molecule has 7 nitrogen and oxygen atoms in total. The molecule has 0 radical (unpaired) electrons. The van der Waals surface area contributed by atoms with E-state index in [1.54, 1.807) is 30.3 Å². The Morgan fingerprint density at radius 1 is 1.16 bits per heavy atom. The molecule has 4 rings (SSSR count). The second kappa shape index (κ2) is 8.44. The normalized spacial score (nSPS) is 19.2. The fourth-order valence-corrected chi connectivity index (χ4v) is 3.79. The van der Waals surface area contributed by atoms with Crippen molar-refractivity contribution in [3.63, 3.8) is 0 Å². The van der Waals surface area contributed by atoms with Crippen LogP contribution < -0.4 is 15.4 Å². The Labute approximate surface area is 176 Å². The largest absolute Gasteiger partial charge is 0.481 e. The van der Waals surface area contributed by atoms with Crippen molar-refractivity contribution in [3.8, 4) is 5.88 Å². The van der Waals surface area contributed by atoms with Crippen LogP contribution in [0.15, 0.2) is 42.7 Å². The summed E-state index contributed by atoms with van der Waals surface area (Å²) in [6.45, 7) is 0. The van der Waals surface area contributed by atoms with Crippen molar-refractivity contribution >= 4 is 17.4 Å². The molecule has 31 heavy (non-hydrogen) atoms. The molecule has 1 fully saturated rings. The minimum Gasteiger partial charge on any atom is -0.481 e. The van der Waals surface area contributed by atoms with Gasteiger partial charge in [-0.1, -0.05) is 6.07 Å². The van der Waals surface area contributed by atoms with Crippen molar-refractivity contribution in [1.29, 1.82) is 0 Å². The second-order valence-electron chi connectivity index (χ2n) is 7.52. The zero-order valence-electron chi connectivity index (χ0n) is 16.8. The van der Waals surface area contributed by atoms with Crippen LogP contribution in [0.4, 0.5) is 19.0 Å². The SMILES string of the molecule is COc1cc(C(=O)NC2CCC(Nc3cccc4nc(C(F)(F)F)cn34)CC2)ccn1. The summed E-state index contributed by atoms with van der Waals surface area (Å²) in [6, 6.07) is 8.30. The molecule has 1 aliphatic carbocycles. The number of nitrogens with zero attached hydrogens (tertiary/aromatic N) is 3. The topological polar surface area (TPSA) is 80.5 Å². The van der Waals surface area contributed by atoms with Crippen LogP contribution in [0.1, 0.15) is 41.7 Å². The first-order chi connectivity index (χ1) is 14.8. The van der Waals surface area contributed by atoms with E-state index >= 15 is 0 Å². The zero-order valence-corrected chi connectivity index (χ0v) is 16.8. The number of nitrogens with one attached hydrogen (secondary N) is 2. The van der Waals surface area contributed by atoms with Crippen LogP contribution in [0.25, 0.3) is 5.65 Å². The van der Waals surface area contributed by atoms with Crippen LogP contribution in [-0.4, -0.2) is 39.5 Å². The van der Waals surface area contributed by atoms with Gasteiger partial charge in [0.15, 0.2) is 5.69 Å². The maximum Gasteiger partial charge on any atom is 0.434 e.